The van der Waals surface area contributed by atoms with Crippen LogP contribution < -0.4 is 10.2 Å². The molecule has 0 saturated carbocycles. The van der Waals surface area contributed by atoms with Crippen LogP contribution in [0, 0.1) is 10.1 Å². The maximum atomic E-state index is 11.4. The molecule has 9 nitrogen and oxygen atoms in total. The highest BCUT2D eigenvalue weighted by Crippen LogP contribution is 2.29. The molecule has 0 aliphatic carbocycles. The van der Waals surface area contributed by atoms with Crippen LogP contribution in [-0.4, -0.2) is 78.0 Å². The van der Waals surface area contributed by atoms with E-state index >= 15 is 0 Å². The molecule has 3 N–H and O–H groups in total. The summed E-state index contributed by atoms with van der Waals surface area (Å²) < 4.78 is 0. The third kappa shape index (κ3) is 5.50. The summed E-state index contributed by atoms with van der Waals surface area (Å²) in [5, 5.41) is 32.8. The largest absolute Gasteiger partial charge is 0.395 e. The normalized spacial score (nSPS) is 13.3. The molecule has 1 heterocycles. The van der Waals surface area contributed by atoms with Crippen LogP contribution >= 0.6 is 0 Å². The van der Waals surface area contributed by atoms with Crippen LogP contribution in [0.25, 0.3) is 0 Å². The summed E-state index contributed by atoms with van der Waals surface area (Å²) in [7, 11) is 2.01. The fourth-order valence-corrected chi connectivity index (χ4v) is 2.87. The summed E-state index contributed by atoms with van der Waals surface area (Å²) in [6.45, 7) is 2.80. The summed E-state index contributed by atoms with van der Waals surface area (Å²) in [6, 6.07) is 4.92. The molecule has 2 rings (SSSR count). The van der Waals surface area contributed by atoms with Crippen LogP contribution in [0.15, 0.2) is 30.6 Å². The van der Waals surface area contributed by atoms with Gasteiger partial charge < -0.3 is 30.2 Å². The molecular formula is C17H27N5O4. The van der Waals surface area contributed by atoms with Crippen molar-refractivity contribution in [3.63, 3.8) is 0 Å². The third-order valence-corrected chi connectivity index (χ3v) is 4.16. The lowest BCUT2D eigenvalue weighted by atomic mass is 10.2. The second kappa shape index (κ2) is 9.83. The van der Waals surface area contributed by atoms with E-state index in [2.05, 4.69) is 15.1 Å². The van der Waals surface area contributed by atoms with E-state index in [0.29, 0.717) is 31.0 Å². The highest BCUT2D eigenvalue weighted by Gasteiger charge is 2.17. The number of aliphatic hydroxyl groups is 2. The first kappa shape index (κ1) is 19.8. The van der Waals surface area contributed by atoms with Gasteiger partial charge in [-0.1, -0.05) is 0 Å². The lowest BCUT2D eigenvalue weighted by Crippen LogP contribution is -2.29. The number of nitro benzene ring substituents is 1. The number of hydrogen-bond donors (Lipinski definition) is 3. The second-order valence-electron chi connectivity index (χ2n) is 6.18. The minimum absolute atomic E-state index is 0.0100. The van der Waals surface area contributed by atoms with Gasteiger partial charge in [-0.05, 0) is 18.6 Å². The van der Waals surface area contributed by atoms with Crippen molar-refractivity contribution in [2.45, 2.75) is 6.42 Å². The van der Waals surface area contributed by atoms with Crippen LogP contribution in [0.5, 0.6) is 0 Å². The van der Waals surface area contributed by atoms with Gasteiger partial charge in [-0.3, -0.25) is 10.1 Å². The zero-order valence-corrected chi connectivity index (χ0v) is 15.0. The summed E-state index contributed by atoms with van der Waals surface area (Å²) in [5.41, 5.74) is 1.07. The van der Waals surface area contributed by atoms with Crippen LogP contribution in [0.1, 0.15) is 6.42 Å². The average Bonchev–Trinajstić information content (AvgIpc) is 3.04. The van der Waals surface area contributed by atoms with E-state index in [0.717, 1.165) is 19.6 Å². The molecule has 1 aliphatic rings. The lowest BCUT2D eigenvalue weighted by molar-refractivity contribution is -0.383. The Morgan fingerprint density at radius 1 is 1.27 bits per heavy atom. The van der Waals surface area contributed by atoms with Crippen molar-refractivity contribution in [3.8, 4) is 0 Å². The van der Waals surface area contributed by atoms with Gasteiger partial charge in [0.1, 0.15) is 5.69 Å². The van der Waals surface area contributed by atoms with E-state index in [1.54, 1.807) is 17.0 Å². The quantitative estimate of drug-likeness (QED) is 0.301. The predicted molar refractivity (Wildman–Crippen MR) is 101 cm³/mol. The molecule has 0 saturated heterocycles. The van der Waals surface area contributed by atoms with Gasteiger partial charge in [-0.2, -0.15) is 0 Å². The summed E-state index contributed by atoms with van der Waals surface area (Å²) in [6.07, 6.45) is 4.91. The Morgan fingerprint density at radius 2 is 2.00 bits per heavy atom. The number of benzene rings is 1. The monoisotopic (exact) mass is 365 g/mol. The Bertz CT molecular complexity index is 619. The van der Waals surface area contributed by atoms with Crippen molar-refractivity contribution in [2.75, 3.05) is 63.3 Å². The van der Waals surface area contributed by atoms with Gasteiger partial charge in [0.15, 0.2) is 0 Å². The molecule has 9 heteroatoms. The number of rotatable bonds is 11. The van der Waals surface area contributed by atoms with E-state index in [9.17, 15) is 10.1 Å². The molecule has 0 fully saturated rings. The third-order valence-electron chi connectivity index (χ3n) is 4.16. The molecule has 1 aromatic carbocycles. The Hall–Kier alpha value is -2.52. The molecule has 0 aromatic heterocycles. The first-order chi connectivity index (χ1) is 12.5. The standard InChI is InChI=1S/C17H27N5O4/c1-19-7-8-20(14-19)6-2-5-18-16-4-3-15(13-17(16)22(25)26)21(9-11-23)10-12-24/h3-4,7-8,13,18,23-24H,2,5-6,9-12,14H2,1H3. The average molecular weight is 365 g/mol. The van der Waals surface area contributed by atoms with Crippen molar-refractivity contribution in [2.24, 2.45) is 0 Å². The van der Waals surface area contributed by atoms with Gasteiger partial charge in [0.05, 0.1) is 24.8 Å². The molecule has 0 unspecified atom stereocenters. The Labute approximate surface area is 153 Å². The molecule has 1 aliphatic heterocycles. The topological polar surface area (TPSA) is 105 Å². The van der Waals surface area contributed by atoms with Crippen molar-refractivity contribution >= 4 is 17.1 Å². The SMILES string of the molecule is CN1C=CN(CCCNc2ccc(N(CCO)CCO)cc2[N+](=O)[O-])C1. The van der Waals surface area contributed by atoms with Crippen molar-refractivity contribution < 1.29 is 15.1 Å². The molecule has 0 atom stereocenters. The number of nitrogens with one attached hydrogen (secondary N) is 1. The first-order valence-electron chi connectivity index (χ1n) is 8.66. The number of nitrogens with zero attached hydrogens (tertiary/aromatic N) is 4. The fraction of sp³-hybridized carbons (Fsp3) is 0.529. The Morgan fingerprint density at radius 3 is 2.58 bits per heavy atom. The molecule has 0 amide bonds. The van der Waals surface area contributed by atoms with Gasteiger partial charge >= 0.3 is 0 Å². The highest BCUT2D eigenvalue weighted by atomic mass is 16.6. The molecule has 26 heavy (non-hydrogen) atoms. The van der Waals surface area contributed by atoms with E-state index in [1.165, 1.54) is 6.07 Å². The zero-order valence-electron chi connectivity index (χ0n) is 15.0. The predicted octanol–water partition coefficient (Wildman–Crippen LogP) is 0.864. The number of hydrogen-bond acceptors (Lipinski definition) is 8. The Kier molecular flexibility index (Phi) is 7.49. The minimum Gasteiger partial charge on any atom is -0.395 e. The van der Waals surface area contributed by atoms with Gasteiger partial charge in [0, 0.05) is 57.4 Å². The summed E-state index contributed by atoms with van der Waals surface area (Å²) in [4.78, 5) is 17.0. The Balaban J connectivity index is 1.96. The zero-order chi connectivity index (χ0) is 18.9. The summed E-state index contributed by atoms with van der Waals surface area (Å²) in [5.74, 6) is 0. The lowest BCUT2D eigenvalue weighted by Gasteiger charge is -2.23. The minimum atomic E-state index is -0.417. The van der Waals surface area contributed by atoms with Gasteiger partial charge in [0.25, 0.3) is 5.69 Å². The van der Waals surface area contributed by atoms with E-state index in [1.807, 2.05) is 19.4 Å². The van der Waals surface area contributed by atoms with Crippen LogP contribution in [-0.2, 0) is 0 Å². The van der Waals surface area contributed by atoms with Crippen molar-refractivity contribution in [3.05, 3.63) is 40.7 Å². The van der Waals surface area contributed by atoms with Crippen molar-refractivity contribution in [1.29, 1.82) is 0 Å². The number of aliphatic hydroxyl groups excluding tert-OH is 2. The van der Waals surface area contributed by atoms with Crippen molar-refractivity contribution in [1.82, 2.24) is 9.80 Å². The van der Waals surface area contributed by atoms with E-state index in [-0.39, 0.29) is 18.9 Å². The maximum Gasteiger partial charge on any atom is 0.294 e. The maximum absolute atomic E-state index is 11.4. The second-order valence-corrected chi connectivity index (χ2v) is 6.18. The summed E-state index contributed by atoms with van der Waals surface area (Å²) >= 11 is 0. The van der Waals surface area contributed by atoms with Gasteiger partial charge in [-0.25, -0.2) is 0 Å². The van der Waals surface area contributed by atoms with Crippen LogP contribution in [0.3, 0.4) is 0 Å². The van der Waals surface area contributed by atoms with Gasteiger partial charge in [-0.15, -0.1) is 0 Å². The molecule has 0 radical (unpaired) electrons. The van der Waals surface area contributed by atoms with E-state index in [4.69, 9.17) is 10.2 Å². The van der Waals surface area contributed by atoms with Gasteiger partial charge in [0.2, 0.25) is 0 Å². The first-order valence-corrected chi connectivity index (χ1v) is 8.66. The number of nitro groups is 1. The van der Waals surface area contributed by atoms with Crippen LogP contribution in [0.2, 0.25) is 0 Å². The molecule has 144 valence electrons. The molecular weight excluding hydrogens is 338 g/mol. The fourth-order valence-electron chi connectivity index (χ4n) is 2.87. The number of anilines is 2. The van der Waals surface area contributed by atoms with Crippen LogP contribution in [0.4, 0.5) is 17.1 Å². The molecule has 0 bridgehead atoms. The molecule has 1 aromatic rings. The highest BCUT2D eigenvalue weighted by molar-refractivity contribution is 5.68. The smallest absolute Gasteiger partial charge is 0.294 e. The van der Waals surface area contributed by atoms with E-state index < -0.39 is 4.92 Å². The molecule has 0 spiro atoms.